The Bertz CT molecular complexity index is 564. The summed E-state index contributed by atoms with van der Waals surface area (Å²) in [6.45, 7) is -4.69. The van der Waals surface area contributed by atoms with Crippen LogP contribution in [0, 0.1) is 0 Å². The number of alkyl halides is 12. The van der Waals surface area contributed by atoms with Gasteiger partial charge < -0.3 is 9.47 Å². The molecule has 0 N–H and O–H groups in total. The molecule has 0 aliphatic carbocycles. The molecule has 0 heterocycles. The fourth-order valence-corrected chi connectivity index (χ4v) is 1.40. The van der Waals surface area contributed by atoms with Crippen molar-refractivity contribution in [1.29, 1.82) is 0 Å². The van der Waals surface area contributed by atoms with E-state index in [0.717, 1.165) is 0 Å². The Morgan fingerprint density at radius 2 is 1.10 bits per heavy atom. The molecule has 0 saturated heterocycles. The van der Waals surface area contributed by atoms with Gasteiger partial charge in [0.15, 0.2) is 13.2 Å². The quantitative estimate of drug-likeness (QED) is 0.322. The molecule has 0 spiro atoms. The monoisotopic (exact) mass is 460 g/mol. The molecule has 0 aliphatic heterocycles. The van der Waals surface area contributed by atoms with Crippen molar-refractivity contribution in [1.82, 2.24) is 0 Å². The number of carbonyl (C=O) groups excluding carboxylic acids is 2. The maximum atomic E-state index is 13.1. The second-order valence-electron chi connectivity index (χ2n) is 5.44. The summed E-state index contributed by atoms with van der Waals surface area (Å²) in [5.74, 6) is -26.8. The van der Waals surface area contributed by atoms with Gasteiger partial charge in [0, 0.05) is 12.8 Å². The topological polar surface area (TPSA) is 52.6 Å². The van der Waals surface area contributed by atoms with Gasteiger partial charge in [0.25, 0.3) is 0 Å². The van der Waals surface area contributed by atoms with E-state index in [1.165, 1.54) is 0 Å². The van der Waals surface area contributed by atoms with Crippen LogP contribution in [0.5, 0.6) is 0 Å². The van der Waals surface area contributed by atoms with Crippen molar-refractivity contribution in [3.63, 3.8) is 0 Å². The highest BCUT2D eigenvalue weighted by Crippen LogP contribution is 2.48. The van der Waals surface area contributed by atoms with Crippen molar-refractivity contribution in [2.75, 3.05) is 13.2 Å². The lowest BCUT2D eigenvalue weighted by atomic mass is 10.1. The minimum atomic E-state index is -6.58. The summed E-state index contributed by atoms with van der Waals surface area (Å²) in [6, 6.07) is 0. The van der Waals surface area contributed by atoms with E-state index in [9.17, 15) is 62.3 Å². The third-order valence-electron chi connectivity index (χ3n) is 3.07. The van der Waals surface area contributed by atoms with Crippen LogP contribution in [-0.2, 0) is 19.1 Å². The van der Waals surface area contributed by atoms with Crippen LogP contribution in [0.1, 0.15) is 19.3 Å². The molecule has 0 aliphatic rings. The summed E-state index contributed by atoms with van der Waals surface area (Å²) >= 11 is 0. The van der Waals surface area contributed by atoms with E-state index in [2.05, 4.69) is 9.47 Å². The van der Waals surface area contributed by atoms with E-state index in [0.29, 0.717) is 0 Å². The van der Waals surface area contributed by atoms with Gasteiger partial charge in [0.1, 0.15) is 0 Å². The standard InChI is InChI=1S/C13H12F12O4/c14-8(15)10(18,19)4-28-6(26)2-1-3-7(27)29-5-11(20,21)13(24,25)12(22,23)9(16)17/h8-9H,1-5H2. The molecule has 16 heteroatoms. The Balaban J connectivity index is 4.48. The van der Waals surface area contributed by atoms with Crippen LogP contribution < -0.4 is 0 Å². The van der Waals surface area contributed by atoms with E-state index in [4.69, 9.17) is 0 Å². The summed E-state index contributed by atoms with van der Waals surface area (Å²) in [5.41, 5.74) is 0. The first kappa shape index (κ1) is 27.1. The van der Waals surface area contributed by atoms with E-state index in [-0.39, 0.29) is 0 Å². The van der Waals surface area contributed by atoms with Gasteiger partial charge in [-0.25, -0.2) is 17.6 Å². The number of ether oxygens (including phenoxy) is 2. The van der Waals surface area contributed by atoms with E-state index in [1.54, 1.807) is 0 Å². The first-order chi connectivity index (χ1) is 12.9. The molecular formula is C13H12F12O4. The number of hydrogen-bond acceptors (Lipinski definition) is 4. The van der Waals surface area contributed by atoms with Gasteiger partial charge in [-0.15, -0.1) is 0 Å². The van der Waals surface area contributed by atoms with Gasteiger partial charge in [-0.3, -0.25) is 9.59 Å². The molecule has 0 rings (SSSR count). The van der Waals surface area contributed by atoms with Crippen LogP contribution in [0.3, 0.4) is 0 Å². The molecule has 0 fully saturated rings. The first-order valence-electron chi connectivity index (χ1n) is 7.27. The van der Waals surface area contributed by atoms with E-state index in [1.807, 2.05) is 0 Å². The highest BCUT2D eigenvalue weighted by atomic mass is 19.4. The molecule has 0 saturated carbocycles. The van der Waals surface area contributed by atoms with Crippen LogP contribution >= 0.6 is 0 Å². The normalized spacial score (nSPS) is 13.7. The molecule has 4 nitrogen and oxygen atoms in total. The summed E-state index contributed by atoms with van der Waals surface area (Å²) in [5, 5.41) is 0. The zero-order valence-corrected chi connectivity index (χ0v) is 13.9. The van der Waals surface area contributed by atoms with Crippen molar-refractivity contribution >= 4 is 11.9 Å². The zero-order chi connectivity index (χ0) is 23.3. The second kappa shape index (κ2) is 9.73. The highest BCUT2D eigenvalue weighted by Gasteiger charge is 2.75. The predicted molar refractivity (Wildman–Crippen MR) is 67.6 cm³/mol. The summed E-state index contributed by atoms with van der Waals surface area (Å²) in [7, 11) is 0. The smallest absolute Gasteiger partial charge is 0.381 e. The van der Waals surface area contributed by atoms with Gasteiger partial charge in [0.2, 0.25) is 0 Å². The molecule has 29 heavy (non-hydrogen) atoms. The Morgan fingerprint density at radius 3 is 1.48 bits per heavy atom. The van der Waals surface area contributed by atoms with Crippen LogP contribution in [0.2, 0.25) is 0 Å². The van der Waals surface area contributed by atoms with Gasteiger partial charge in [-0.1, -0.05) is 0 Å². The van der Waals surface area contributed by atoms with Gasteiger partial charge in [-0.2, -0.15) is 35.1 Å². The Kier molecular flexibility index (Phi) is 9.10. The molecule has 0 aromatic heterocycles. The largest absolute Gasteiger partial charge is 0.459 e. The van der Waals surface area contributed by atoms with E-state index < -0.39 is 81.0 Å². The third-order valence-corrected chi connectivity index (χ3v) is 3.07. The zero-order valence-electron chi connectivity index (χ0n) is 13.9. The summed E-state index contributed by atoms with van der Waals surface area (Å²) < 4.78 is 157. The number of halogens is 12. The van der Waals surface area contributed by atoms with Crippen LogP contribution in [0.25, 0.3) is 0 Å². The number of carbonyl (C=O) groups is 2. The average molecular weight is 460 g/mol. The van der Waals surface area contributed by atoms with Crippen LogP contribution in [0.4, 0.5) is 52.7 Å². The van der Waals surface area contributed by atoms with Crippen molar-refractivity contribution in [2.24, 2.45) is 0 Å². The summed E-state index contributed by atoms with van der Waals surface area (Å²) in [6.07, 6.45) is -11.9. The van der Waals surface area contributed by atoms with Gasteiger partial charge in [0.05, 0.1) is 0 Å². The lowest BCUT2D eigenvalue weighted by molar-refractivity contribution is -0.344. The van der Waals surface area contributed by atoms with Crippen molar-refractivity contribution in [3.8, 4) is 0 Å². The second-order valence-corrected chi connectivity index (χ2v) is 5.44. The molecule has 0 bridgehead atoms. The molecular weight excluding hydrogens is 448 g/mol. The SMILES string of the molecule is O=C(CCCC(=O)OCC(F)(F)C(F)(F)C(F)(F)C(F)F)OCC(F)(F)C(F)F. The molecule has 0 amide bonds. The molecule has 0 aromatic carbocycles. The average Bonchev–Trinajstić information content (AvgIpc) is 2.57. The highest BCUT2D eigenvalue weighted by molar-refractivity contribution is 5.72. The molecule has 0 radical (unpaired) electrons. The molecule has 0 atom stereocenters. The van der Waals surface area contributed by atoms with Crippen molar-refractivity contribution in [2.45, 2.75) is 55.8 Å². The predicted octanol–water partition coefficient (Wildman–Crippen LogP) is 4.31. The summed E-state index contributed by atoms with van der Waals surface area (Å²) in [4.78, 5) is 22.1. The Hall–Kier alpha value is -1.90. The van der Waals surface area contributed by atoms with E-state index >= 15 is 0 Å². The number of hydrogen-bond donors (Lipinski definition) is 0. The fourth-order valence-electron chi connectivity index (χ4n) is 1.40. The Morgan fingerprint density at radius 1 is 0.690 bits per heavy atom. The maximum absolute atomic E-state index is 13.1. The molecule has 172 valence electrons. The number of rotatable bonds is 12. The van der Waals surface area contributed by atoms with Crippen molar-refractivity contribution < 1.29 is 71.7 Å². The molecule has 0 unspecified atom stereocenters. The van der Waals surface area contributed by atoms with Crippen molar-refractivity contribution in [3.05, 3.63) is 0 Å². The van der Waals surface area contributed by atoms with Crippen LogP contribution in [0.15, 0.2) is 0 Å². The number of esters is 2. The minimum absolute atomic E-state index is 0.674. The van der Waals surface area contributed by atoms with Gasteiger partial charge >= 0.3 is 48.5 Å². The van der Waals surface area contributed by atoms with Gasteiger partial charge in [-0.05, 0) is 6.42 Å². The fraction of sp³-hybridized carbons (Fsp3) is 0.846. The maximum Gasteiger partial charge on any atom is 0.381 e. The van der Waals surface area contributed by atoms with Crippen LogP contribution in [-0.4, -0.2) is 61.7 Å². The lowest BCUT2D eigenvalue weighted by Crippen LogP contribution is -2.59. The minimum Gasteiger partial charge on any atom is -0.459 e. The Labute approximate surface area is 154 Å². The lowest BCUT2D eigenvalue weighted by Gasteiger charge is -2.31. The molecule has 0 aromatic rings. The first-order valence-corrected chi connectivity index (χ1v) is 7.27. The third kappa shape index (κ3) is 7.13.